The van der Waals surface area contributed by atoms with Crippen molar-refractivity contribution in [2.45, 2.75) is 23.9 Å². The van der Waals surface area contributed by atoms with Gasteiger partial charge in [-0.25, -0.2) is 0 Å². The van der Waals surface area contributed by atoms with Crippen LogP contribution in [0.2, 0.25) is 0 Å². The van der Waals surface area contributed by atoms with Gasteiger partial charge in [0.2, 0.25) is 0 Å². The minimum absolute atomic E-state index is 0.0711. The molecule has 0 aliphatic carbocycles. The highest BCUT2D eigenvalue weighted by atomic mass is 79.9. The second-order valence-corrected chi connectivity index (χ2v) is 6.28. The molecule has 10 heteroatoms. The lowest BCUT2D eigenvalue weighted by molar-refractivity contribution is -0.336. The van der Waals surface area contributed by atoms with Gasteiger partial charge in [-0.1, -0.05) is 40.2 Å². The summed E-state index contributed by atoms with van der Waals surface area (Å²) in [5.74, 6) is -5.77. The smallest absolute Gasteiger partial charge is 0.374 e. The highest BCUT2D eigenvalue weighted by Crippen LogP contribution is 2.52. The topological polar surface area (TPSA) is 20.2 Å². The molecule has 26 heavy (non-hydrogen) atoms. The molecule has 0 aliphatic rings. The third-order valence-electron chi connectivity index (χ3n) is 3.68. The molecule has 0 saturated carbocycles. The van der Waals surface area contributed by atoms with E-state index in [1.54, 1.807) is 0 Å². The number of alkyl halides is 8. The average Bonchev–Trinajstić information content (AvgIpc) is 2.53. The van der Waals surface area contributed by atoms with E-state index < -0.39 is 40.6 Å². The van der Waals surface area contributed by atoms with Crippen LogP contribution in [0.5, 0.6) is 0 Å². The van der Waals surface area contributed by atoms with Crippen molar-refractivity contribution in [2.75, 3.05) is 0 Å². The van der Waals surface area contributed by atoms with E-state index in [4.69, 9.17) is 0 Å². The van der Waals surface area contributed by atoms with E-state index in [2.05, 4.69) is 15.9 Å². The maximum absolute atomic E-state index is 14.2. The minimum atomic E-state index is -6.22. The molecule has 2 aromatic rings. The predicted octanol–water partition coefficient (Wildman–Crippen LogP) is 5.90. The lowest BCUT2D eigenvalue weighted by atomic mass is 9.80. The van der Waals surface area contributed by atoms with Crippen molar-refractivity contribution in [2.24, 2.45) is 0 Å². The van der Waals surface area contributed by atoms with Crippen LogP contribution in [0.25, 0.3) is 0 Å². The maximum Gasteiger partial charge on any atom is 0.457 e. The summed E-state index contributed by atoms with van der Waals surface area (Å²) >= 11 is 2.96. The SMILES string of the molecule is OC(c1ccc(Br)cc1)(c1cccc(C(F)(F)F)c1)C(F)(F)C(F)(F)F. The van der Waals surface area contributed by atoms with Gasteiger partial charge in [0.1, 0.15) is 0 Å². The van der Waals surface area contributed by atoms with Gasteiger partial charge in [0.05, 0.1) is 5.56 Å². The zero-order valence-electron chi connectivity index (χ0n) is 12.5. The van der Waals surface area contributed by atoms with E-state index in [0.717, 1.165) is 24.3 Å². The number of hydrogen-bond donors (Lipinski definition) is 1. The molecule has 1 atom stereocenters. The Morgan fingerprint density at radius 3 is 1.65 bits per heavy atom. The van der Waals surface area contributed by atoms with Crippen LogP contribution >= 0.6 is 15.9 Å². The van der Waals surface area contributed by atoms with Gasteiger partial charge < -0.3 is 5.11 Å². The molecule has 0 radical (unpaired) electrons. The first kappa shape index (κ1) is 20.6. The molecule has 142 valence electrons. The van der Waals surface area contributed by atoms with Crippen molar-refractivity contribution < 1.29 is 40.2 Å². The van der Waals surface area contributed by atoms with Crippen molar-refractivity contribution in [3.63, 3.8) is 0 Å². The Kier molecular flexibility index (Phi) is 5.15. The molecular weight excluding hydrogens is 440 g/mol. The van der Waals surface area contributed by atoms with Gasteiger partial charge in [-0.3, -0.25) is 0 Å². The summed E-state index contributed by atoms with van der Waals surface area (Å²) in [5.41, 5.74) is -7.68. The Bertz CT molecular complexity index is 782. The lowest BCUT2D eigenvalue weighted by Gasteiger charge is -2.37. The van der Waals surface area contributed by atoms with E-state index in [-0.39, 0.29) is 6.07 Å². The summed E-state index contributed by atoms with van der Waals surface area (Å²) in [6, 6.07) is 5.50. The number of rotatable bonds is 3. The van der Waals surface area contributed by atoms with E-state index >= 15 is 0 Å². The van der Waals surface area contributed by atoms with Crippen molar-refractivity contribution >= 4 is 15.9 Å². The Hall–Kier alpha value is -1.68. The molecule has 0 fully saturated rings. The fourth-order valence-corrected chi connectivity index (χ4v) is 2.61. The lowest BCUT2D eigenvalue weighted by Crippen LogP contribution is -2.55. The Morgan fingerprint density at radius 1 is 0.692 bits per heavy atom. The molecular formula is C16H9BrF8O. The van der Waals surface area contributed by atoms with E-state index in [0.29, 0.717) is 22.7 Å². The molecule has 2 aromatic carbocycles. The van der Waals surface area contributed by atoms with Gasteiger partial charge in [0.25, 0.3) is 0 Å². The number of benzene rings is 2. The molecule has 0 amide bonds. The summed E-state index contributed by atoms with van der Waals surface area (Å²) in [4.78, 5) is 0. The quantitative estimate of drug-likeness (QED) is 0.579. The van der Waals surface area contributed by atoms with E-state index in [1.807, 2.05) is 0 Å². The van der Waals surface area contributed by atoms with Gasteiger partial charge in [-0.15, -0.1) is 0 Å². The van der Waals surface area contributed by atoms with Crippen molar-refractivity contribution in [1.82, 2.24) is 0 Å². The standard InChI is InChI=1S/C16H9BrF8O/c17-12-6-4-9(5-7-12)13(26,15(21,22)16(23,24)25)10-2-1-3-11(8-10)14(18,19)20/h1-8,26H. The van der Waals surface area contributed by atoms with Crippen LogP contribution in [0, 0.1) is 0 Å². The van der Waals surface area contributed by atoms with Crippen molar-refractivity contribution in [3.8, 4) is 0 Å². The van der Waals surface area contributed by atoms with Gasteiger partial charge in [-0.2, -0.15) is 35.1 Å². The monoisotopic (exact) mass is 448 g/mol. The van der Waals surface area contributed by atoms with E-state index in [9.17, 15) is 40.2 Å². The average molecular weight is 449 g/mol. The van der Waals surface area contributed by atoms with Gasteiger partial charge in [0.15, 0.2) is 5.60 Å². The highest BCUT2D eigenvalue weighted by molar-refractivity contribution is 9.10. The normalized spacial score (nSPS) is 15.6. The predicted molar refractivity (Wildman–Crippen MR) is 79.6 cm³/mol. The van der Waals surface area contributed by atoms with Gasteiger partial charge >= 0.3 is 18.3 Å². The van der Waals surface area contributed by atoms with Gasteiger partial charge in [0, 0.05) is 4.47 Å². The highest BCUT2D eigenvalue weighted by Gasteiger charge is 2.71. The Labute approximate surface area is 150 Å². The zero-order valence-corrected chi connectivity index (χ0v) is 14.1. The summed E-state index contributed by atoms with van der Waals surface area (Å²) in [6.07, 6.45) is -11.2. The van der Waals surface area contributed by atoms with Crippen molar-refractivity contribution in [3.05, 3.63) is 69.7 Å². The number of aliphatic hydroxyl groups is 1. The molecule has 0 aromatic heterocycles. The minimum Gasteiger partial charge on any atom is -0.374 e. The molecule has 0 saturated heterocycles. The first-order valence-corrected chi connectivity index (χ1v) is 7.61. The summed E-state index contributed by atoms with van der Waals surface area (Å²) in [5, 5.41) is 10.4. The van der Waals surface area contributed by atoms with E-state index in [1.165, 1.54) is 0 Å². The van der Waals surface area contributed by atoms with Crippen LogP contribution in [0.3, 0.4) is 0 Å². The third kappa shape index (κ3) is 3.44. The molecule has 1 unspecified atom stereocenters. The maximum atomic E-state index is 14.2. The first-order chi connectivity index (χ1) is 11.7. The summed E-state index contributed by atoms with van der Waals surface area (Å²) in [6.45, 7) is 0. The summed E-state index contributed by atoms with van der Waals surface area (Å²) in [7, 11) is 0. The second-order valence-electron chi connectivity index (χ2n) is 5.37. The van der Waals surface area contributed by atoms with Crippen LogP contribution in [0.15, 0.2) is 53.0 Å². The van der Waals surface area contributed by atoms with Crippen LogP contribution in [-0.2, 0) is 11.8 Å². The zero-order chi connectivity index (χ0) is 20.0. The molecule has 1 N–H and O–H groups in total. The molecule has 0 aliphatic heterocycles. The van der Waals surface area contributed by atoms with Crippen LogP contribution in [0.1, 0.15) is 16.7 Å². The molecule has 1 nitrogen and oxygen atoms in total. The number of hydrogen-bond acceptors (Lipinski definition) is 1. The fourth-order valence-electron chi connectivity index (χ4n) is 2.35. The fraction of sp³-hybridized carbons (Fsp3) is 0.250. The molecule has 0 bridgehead atoms. The van der Waals surface area contributed by atoms with Crippen LogP contribution in [0.4, 0.5) is 35.1 Å². The van der Waals surface area contributed by atoms with Crippen LogP contribution in [-0.4, -0.2) is 17.2 Å². The van der Waals surface area contributed by atoms with Gasteiger partial charge in [-0.05, 0) is 35.4 Å². The molecule has 0 heterocycles. The molecule has 0 spiro atoms. The Balaban J connectivity index is 2.80. The third-order valence-corrected chi connectivity index (χ3v) is 4.21. The Morgan fingerprint density at radius 2 is 1.19 bits per heavy atom. The molecule has 2 rings (SSSR count). The summed E-state index contributed by atoms with van der Waals surface area (Å²) < 4.78 is 106. The largest absolute Gasteiger partial charge is 0.457 e. The number of halogens is 9. The first-order valence-electron chi connectivity index (χ1n) is 6.82. The van der Waals surface area contributed by atoms with Crippen LogP contribution < -0.4 is 0 Å². The second kappa shape index (κ2) is 6.49. The van der Waals surface area contributed by atoms with Crippen molar-refractivity contribution in [1.29, 1.82) is 0 Å².